The van der Waals surface area contributed by atoms with Gasteiger partial charge in [0.25, 0.3) is 11.9 Å². The lowest BCUT2D eigenvalue weighted by Gasteiger charge is -2.11. The van der Waals surface area contributed by atoms with Crippen LogP contribution in [0, 0.1) is 6.92 Å². The number of benzene rings is 1. The monoisotopic (exact) mass is 471 g/mol. The Morgan fingerprint density at radius 1 is 1.15 bits per heavy atom. The molecule has 172 valence electrons. The Bertz CT molecular complexity index is 1470. The van der Waals surface area contributed by atoms with Crippen molar-refractivity contribution in [1.29, 1.82) is 0 Å². The van der Waals surface area contributed by atoms with Crippen LogP contribution in [0.5, 0.6) is 0 Å². The van der Waals surface area contributed by atoms with Crippen LogP contribution in [0.15, 0.2) is 54.4 Å². The molecule has 5 rings (SSSR count). The van der Waals surface area contributed by atoms with Gasteiger partial charge in [0, 0.05) is 13.2 Å². The van der Waals surface area contributed by atoms with E-state index < -0.39 is 0 Å². The number of anilines is 1. The number of hydrogen-bond donors (Lipinski definition) is 1. The number of imidazole rings is 1. The van der Waals surface area contributed by atoms with Crippen LogP contribution in [0.1, 0.15) is 41.4 Å². The number of nitrogens with zero attached hydrogens (tertiary/aromatic N) is 6. The fraction of sp³-hybridized carbons (Fsp3) is 0.240. The maximum Gasteiger partial charge on any atom is 0.259 e. The van der Waals surface area contributed by atoms with Crippen molar-refractivity contribution in [2.75, 3.05) is 5.32 Å². The highest BCUT2D eigenvalue weighted by molar-refractivity contribution is 7.13. The zero-order valence-corrected chi connectivity index (χ0v) is 20.1. The molecule has 0 unspecified atom stereocenters. The van der Waals surface area contributed by atoms with E-state index in [0.29, 0.717) is 23.6 Å². The maximum absolute atomic E-state index is 13.4. The standard InChI is InChI=1S/C25H25N7OS/c1-4-5-10-20-17(24(33)29-19-9-6-8-18-23(19)31(3)15-27-18)14-28-32(20)25-26-13-16(2)22(30-25)21-11-7-12-34-21/h6-9,11-15H,4-5,10H2,1-3H3,(H,29,33). The lowest BCUT2D eigenvalue weighted by molar-refractivity contribution is 0.102. The van der Waals surface area contributed by atoms with Crippen LogP contribution in [-0.4, -0.2) is 35.2 Å². The van der Waals surface area contributed by atoms with Crippen molar-refractivity contribution in [1.82, 2.24) is 29.3 Å². The molecule has 1 aromatic carbocycles. The van der Waals surface area contributed by atoms with Crippen LogP contribution in [0.3, 0.4) is 0 Å². The second-order valence-corrected chi connectivity index (χ2v) is 9.13. The maximum atomic E-state index is 13.4. The number of unbranched alkanes of at least 4 members (excludes halogenated alkanes) is 1. The Morgan fingerprint density at radius 3 is 2.82 bits per heavy atom. The van der Waals surface area contributed by atoms with Crippen molar-refractivity contribution in [2.45, 2.75) is 33.1 Å². The first-order chi connectivity index (χ1) is 16.6. The average Bonchev–Trinajstić information content (AvgIpc) is 3.59. The van der Waals surface area contributed by atoms with Gasteiger partial charge in [-0.2, -0.15) is 5.10 Å². The van der Waals surface area contributed by atoms with E-state index in [4.69, 9.17) is 4.98 Å². The van der Waals surface area contributed by atoms with Crippen molar-refractivity contribution in [3.05, 3.63) is 71.3 Å². The molecule has 0 fully saturated rings. The number of carbonyl (C=O) groups excluding carboxylic acids is 1. The third-order valence-electron chi connectivity index (χ3n) is 5.77. The molecule has 9 heteroatoms. The summed E-state index contributed by atoms with van der Waals surface area (Å²) in [5.74, 6) is 0.254. The summed E-state index contributed by atoms with van der Waals surface area (Å²) in [6.45, 7) is 4.12. The van der Waals surface area contributed by atoms with Crippen LogP contribution in [0.25, 0.3) is 27.6 Å². The first kappa shape index (κ1) is 22.0. The number of fused-ring (bicyclic) bond motifs is 1. The number of amides is 1. The third-order valence-corrected chi connectivity index (χ3v) is 6.65. The summed E-state index contributed by atoms with van der Waals surface area (Å²) in [7, 11) is 1.91. The van der Waals surface area contributed by atoms with Gasteiger partial charge in [-0.15, -0.1) is 11.3 Å². The van der Waals surface area contributed by atoms with Crippen molar-refractivity contribution in [3.63, 3.8) is 0 Å². The summed E-state index contributed by atoms with van der Waals surface area (Å²) >= 11 is 1.64. The molecule has 0 aliphatic heterocycles. The topological polar surface area (TPSA) is 90.5 Å². The van der Waals surface area contributed by atoms with Crippen molar-refractivity contribution in [3.8, 4) is 16.5 Å². The van der Waals surface area contributed by atoms with Crippen LogP contribution in [0.4, 0.5) is 5.69 Å². The molecule has 0 radical (unpaired) electrons. The lowest BCUT2D eigenvalue weighted by Crippen LogP contribution is -2.16. The minimum Gasteiger partial charge on any atom is -0.332 e. The molecule has 0 saturated heterocycles. The van der Waals surface area contributed by atoms with E-state index in [0.717, 1.165) is 45.7 Å². The second-order valence-electron chi connectivity index (χ2n) is 8.18. The van der Waals surface area contributed by atoms with E-state index in [1.54, 1.807) is 28.5 Å². The van der Waals surface area contributed by atoms with Crippen molar-refractivity contribution in [2.24, 2.45) is 7.05 Å². The van der Waals surface area contributed by atoms with Gasteiger partial charge < -0.3 is 9.88 Å². The Balaban J connectivity index is 1.53. The summed E-state index contributed by atoms with van der Waals surface area (Å²) in [4.78, 5) is 28.2. The first-order valence-electron chi connectivity index (χ1n) is 11.2. The van der Waals surface area contributed by atoms with E-state index in [1.165, 1.54) is 0 Å². The second kappa shape index (κ2) is 9.18. The molecule has 0 aliphatic carbocycles. The quantitative estimate of drug-likeness (QED) is 0.353. The van der Waals surface area contributed by atoms with Gasteiger partial charge in [-0.25, -0.2) is 19.6 Å². The van der Waals surface area contributed by atoms with E-state index >= 15 is 0 Å². The number of thiophene rings is 1. The number of rotatable bonds is 7. The summed E-state index contributed by atoms with van der Waals surface area (Å²) < 4.78 is 3.60. The van der Waals surface area contributed by atoms with Gasteiger partial charge in [0.1, 0.15) is 0 Å². The summed E-state index contributed by atoms with van der Waals surface area (Å²) in [6, 6.07) is 9.75. The number of para-hydroxylation sites is 1. The predicted molar refractivity (Wildman–Crippen MR) is 134 cm³/mol. The molecule has 1 amide bonds. The molecular formula is C25H25N7OS. The van der Waals surface area contributed by atoms with E-state index in [1.807, 2.05) is 60.4 Å². The Morgan fingerprint density at radius 2 is 2.03 bits per heavy atom. The molecule has 8 nitrogen and oxygen atoms in total. The van der Waals surface area contributed by atoms with Crippen molar-refractivity contribution < 1.29 is 4.79 Å². The predicted octanol–water partition coefficient (Wildman–Crippen LogP) is 5.18. The zero-order chi connectivity index (χ0) is 23.7. The molecule has 34 heavy (non-hydrogen) atoms. The van der Waals surface area contributed by atoms with Crippen LogP contribution in [0.2, 0.25) is 0 Å². The highest BCUT2D eigenvalue weighted by atomic mass is 32.1. The number of hydrogen-bond acceptors (Lipinski definition) is 6. The lowest BCUT2D eigenvalue weighted by atomic mass is 10.1. The van der Waals surface area contributed by atoms with Crippen LogP contribution in [-0.2, 0) is 13.5 Å². The molecule has 0 atom stereocenters. The smallest absolute Gasteiger partial charge is 0.259 e. The third kappa shape index (κ3) is 3.99. The normalized spacial score (nSPS) is 11.3. The first-order valence-corrected chi connectivity index (χ1v) is 12.1. The van der Waals surface area contributed by atoms with Gasteiger partial charge in [0.05, 0.1) is 51.1 Å². The zero-order valence-electron chi connectivity index (χ0n) is 19.3. The van der Waals surface area contributed by atoms with Gasteiger partial charge in [0.2, 0.25) is 0 Å². The largest absolute Gasteiger partial charge is 0.332 e. The van der Waals surface area contributed by atoms with Crippen LogP contribution >= 0.6 is 11.3 Å². The van der Waals surface area contributed by atoms with Gasteiger partial charge in [0.15, 0.2) is 0 Å². The Labute approximate surface area is 201 Å². The molecule has 1 N–H and O–H groups in total. The summed E-state index contributed by atoms with van der Waals surface area (Å²) in [6.07, 6.45) is 7.78. The van der Waals surface area contributed by atoms with Gasteiger partial charge in [-0.3, -0.25) is 4.79 Å². The molecular weight excluding hydrogens is 446 g/mol. The van der Waals surface area contributed by atoms with Gasteiger partial charge >= 0.3 is 0 Å². The van der Waals surface area contributed by atoms with E-state index in [9.17, 15) is 4.79 Å². The van der Waals surface area contributed by atoms with Crippen LogP contribution < -0.4 is 5.32 Å². The SMILES string of the molecule is CCCCc1c(C(=O)Nc2cccc3ncn(C)c23)cnn1-c1ncc(C)c(-c2cccs2)n1. The molecule has 4 aromatic heterocycles. The summed E-state index contributed by atoms with van der Waals surface area (Å²) in [5, 5.41) is 9.63. The molecule has 5 aromatic rings. The number of nitrogens with one attached hydrogen (secondary N) is 1. The fourth-order valence-corrected chi connectivity index (χ4v) is 4.80. The highest BCUT2D eigenvalue weighted by Crippen LogP contribution is 2.27. The van der Waals surface area contributed by atoms with Crippen molar-refractivity contribution >= 4 is 34.0 Å². The average molecular weight is 472 g/mol. The number of aromatic nitrogens is 6. The number of aryl methyl sites for hydroxylation is 2. The Kier molecular flexibility index (Phi) is 5.93. The van der Waals surface area contributed by atoms with Gasteiger partial charge in [-0.1, -0.05) is 25.5 Å². The summed E-state index contributed by atoms with van der Waals surface area (Å²) in [5.41, 5.74) is 5.62. The highest BCUT2D eigenvalue weighted by Gasteiger charge is 2.21. The molecule has 0 aliphatic rings. The van der Waals surface area contributed by atoms with E-state index in [-0.39, 0.29) is 5.91 Å². The van der Waals surface area contributed by atoms with Gasteiger partial charge in [-0.05, 0) is 48.9 Å². The molecule has 0 spiro atoms. The minimum atomic E-state index is -0.211. The molecule has 4 heterocycles. The fourth-order valence-electron chi connectivity index (χ4n) is 4.02. The molecule has 0 bridgehead atoms. The van der Waals surface area contributed by atoms with E-state index in [2.05, 4.69) is 27.3 Å². The number of carbonyl (C=O) groups is 1. The molecule has 0 saturated carbocycles. The Hall–Kier alpha value is -3.85. The minimum absolute atomic E-state index is 0.211.